The fourth-order valence-corrected chi connectivity index (χ4v) is 6.20. The van der Waals surface area contributed by atoms with Gasteiger partial charge in [0.05, 0.1) is 29.3 Å². The maximum Gasteiger partial charge on any atom is 0.169 e. The Morgan fingerprint density at radius 2 is 2.09 bits per heavy atom. The van der Waals surface area contributed by atoms with Gasteiger partial charge in [-0.1, -0.05) is 0 Å². The number of aryl methyl sites for hydroxylation is 2. The second kappa shape index (κ2) is 5.14. The number of hydrogen-bond donors (Lipinski definition) is 1. The highest BCUT2D eigenvalue weighted by molar-refractivity contribution is 7.91. The lowest BCUT2D eigenvalue weighted by Gasteiger charge is -2.16. The molecule has 2 aliphatic rings. The van der Waals surface area contributed by atoms with Crippen LogP contribution in [0, 0.1) is 0 Å². The van der Waals surface area contributed by atoms with E-state index in [-0.39, 0.29) is 11.5 Å². The number of hydrogen-bond acceptors (Lipinski definition) is 6. The predicted octanol–water partition coefficient (Wildman–Crippen LogP) is 1.22. The smallest absolute Gasteiger partial charge is 0.169 e. The van der Waals surface area contributed by atoms with Gasteiger partial charge in [-0.25, -0.2) is 18.4 Å². The standard InChI is InChI=1S/C14H17N3O3S2/c18-11-8-22(19,20)7-10(11)17-6-5-15-13(17)14-16-9-3-1-2-4-12(9)21-14/h5-6,10-11,18H,1-4,7-8H2/t10-,11-/m1/s1. The van der Waals surface area contributed by atoms with Gasteiger partial charge in [0, 0.05) is 17.3 Å². The molecule has 0 spiro atoms. The Balaban J connectivity index is 1.73. The first-order chi connectivity index (χ1) is 10.5. The van der Waals surface area contributed by atoms with Crippen LogP contribution < -0.4 is 0 Å². The predicted molar refractivity (Wildman–Crippen MR) is 83.7 cm³/mol. The van der Waals surface area contributed by atoms with Gasteiger partial charge >= 0.3 is 0 Å². The first-order valence-electron chi connectivity index (χ1n) is 7.44. The number of rotatable bonds is 2. The molecule has 0 radical (unpaired) electrons. The molecule has 0 bridgehead atoms. The Kier molecular flexibility index (Phi) is 3.35. The minimum atomic E-state index is -3.19. The van der Waals surface area contributed by atoms with Gasteiger partial charge in [-0.05, 0) is 25.7 Å². The van der Waals surface area contributed by atoms with Crippen molar-refractivity contribution in [2.24, 2.45) is 0 Å². The van der Waals surface area contributed by atoms with Crippen LogP contribution >= 0.6 is 11.3 Å². The highest BCUT2D eigenvalue weighted by Gasteiger charge is 2.38. The van der Waals surface area contributed by atoms with E-state index in [1.807, 2.05) is 0 Å². The lowest BCUT2D eigenvalue weighted by Crippen LogP contribution is -2.22. The summed E-state index contributed by atoms with van der Waals surface area (Å²) in [7, 11) is -3.19. The highest BCUT2D eigenvalue weighted by Crippen LogP contribution is 2.34. The van der Waals surface area contributed by atoms with E-state index in [1.54, 1.807) is 28.3 Å². The third kappa shape index (κ3) is 2.39. The average Bonchev–Trinajstić information content (AvgIpc) is 3.14. The molecule has 0 unspecified atom stereocenters. The zero-order valence-corrected chi connectivity index (χ0v) is 13.6. The molecule has 1 saturated heterocycles. The first-order valence-corrected chi connectivity index (χ1v) is 10.1. The summed E-state index contributed by atoms with van der Waals surface area (Å²) in [5.41, 5.74) is 1.15. The van der Waals surface area contributed by atoms with Crippen LogP contribution in [0.15, 0.2) is 12.4 Å². The molecule has 22 heavy (non-hydrogen) atoms. The van der Waals surface area contributed by atoms with E-state index in [0.29, 0.717) is 5.82 Å². The van der Waals surface area contributed by atoms with E-state index in [9.17, 15) is 13.5 Å². The molecule has 0 saturated carbocycles. The number of fused-ring (bicyclic) bond motifs is 1. The lowest BCUT2D eigenvalue weighted by molar-refractivity contribution is 0.154. The van der Waals surface area contributed by atoms with Crippen molar-refractivity contribution in [2.75, 3.05) is 11.5 Å². The summed E-state index contributed by atoms with van der Waals surface area (Å²) in [6.07, 6.45) is 6.94. The molecule has 0 aromatic carbocycles. The van der Waals surface area contributed by atoms with E-state index < -0.39 is 22.0 Å². The van der Waals surface area contributed by atoms with Gasteiger partial charge in [-0.3, -0.25) is 0 Å². The number of sulfone groups is 1. The maximum atomic E-state index is 11.7. The van der Waals surface area contributed by atoms with E-state index in [4.69, 9.17) is 4.98 Å². The van der Waals surface area contributed by atoms with Gasteiger partial charge in [-0.15, -0.1) is 11.3 Å². The normalized spacial score (nSPS) is 27.0. The maximum absolute atomic E-state index is 11.7. The lowest BCUT2D eigenvalue weighted by atomic mass is 10.0. The van der Waals surface area contributed by atoms with Crippen molar-refractivity contribution in [3.05, 3.63) is 23.0 Å². The van der Waals surface area contributed by atoms with Gasteiger partial charge < -0.3 is 9.67 Å². The van der Waals surface area contributed by atoms with Crippen molar-refractivity contribution in [1.82, 2.24) is 14.5 Å². The third-order valence-corrected chi connectivity index (χ3v) is 7.21. The second-order valence-corrected chi connectivity index (χ2v) is 9.20. The fraction of sp³-hybridized carbons (Fsp3) is 0.571. The summed E-state index contributed by atoms with van der Waals surface area (Å²) in [6.45, 7) is 0. The molecular weight excluding hydrogens is 322 g/mol. The van der Waals surface area contributed by atoms with E-state index in [0.717, 1.165) is 23.5 Å². The largest absolute Gasteiger partial charge is 0.390 e. The first kappa shape index (κ1) is 14.3. The summed E-state index contributed by atoms with van der Waals surface area (Å²) >= 11 is 1.64. The highest BCUT2D eigenvalue weighted by atomic mass is 32.2. The monoisotopic (exact) mass is 339 g/mol. The van der Waals surface area contributed by atoms with Crippen molar-refractivity contribution < 1.29 is 13.5 Å². The number of aromatic nitrogens is 3. The van der Waals surface area contributed by atoms with Crippen LogP contribution in [-0.2, 0) is 22.7 Å². The van der Waals surface area contributed by atoms with Gasteiger partial charge in [0.1, 0.15) is 0 Å². The topological polar surface area (TPSA) is 85.1 Å². The molecule has 8 heteroatoms. The molecule has 2 aromatic heterocycles. The molecule has 0 amide bonds. The van der Waals surface area contributed by atoms with Crippen molar-refractivity contribution in [1.29, 1.82) is 0 Å². The number of imidazole rings is 1. The summed E-state index contributed by atoms with van der Waals surface area (Å²) < 4.78 is 25.3. The molecule has 3 heterocycles. The molecule has 1 aliphatic heterocycles. The van der Waals surface area contributed by atoms with Crippen molar-refractivity contribution in [3.8, 4) is 10.8 Å². The van der Waals surface area contributed by atoms with Gasteiger partial charge in [0.2, 0.25) is 0 Å². The molecule has 2 aromatic rings. The van der Waals surface area contributed by atoms with Gasteiger partial charge in [-0.2, -0.15) is 0 Å². The van der Waals surface area contributed by atoms with Crippen LogP contribution in [0.4, 0.5) is 0 Å². The Morgan fingerprint density at radius 1 is 1.27 bits per heavy atom. The second-order valence-electron chi connectivity index (χ2n) is 5.97. The van der Waals surface area contributed by atoms with Gasteiger partial charge in [0.15, 0.2) is 20.7 Å². The fourth-order valence-electron chi connectivity index (χ4n) is 3.27. The Morgan fingerprint density at radius 3 is 2.82 bits per heavy atom. The van der Waals surface area contributed by atoms with Gasteiger partial charge in [0.25, 0.3) is 0 Å². The summed E-state index contributed by atoms with van der Waals surface area (Å²) in [5.74, 6) is 0.451. The molecule has 1 aliphatic carbocycles. The van der Waals surface area contributed by atoms with Crippen LogP contribution in [0.25, 0.3) is 10.8 Å². The third-order valence-electron chi connectivity index (χ3n) is 4.36. The SMILES string of the molecule is O=S1(=O)C[C@@H](O)[C@H](n2ccnc2-c2nc3c(s2)CCCC3)C1. The molecule has 6 nitrogen and oxygen atoms in total. The number of thiazole rings is 1. The van der Waals surface area contributed by atoms with E-state index >= 15 is 0 Å². The minimum absolute atomic E-state index is 0.0391. The van der Waals surface area contributed by atoms with Crippen molar-refractivity contribution in [3.63, 3.8) is 0 Å². The average molecular weight is 339 g/mol. The molecule has 118 valence electrons. The Bertz CT molecular complexity index is 786. The summed E-state index contributed by atoms with van der Waals surface area (Å²) in [4.78, 5) is 10.4. The van der Waals surface area contributed by atoms with Crippen molar-refractivity contribution >= 4 is 21.2 Å². The minimum Gasteiger partial charge on any atom is -0.390 e. The Labute approximate surface area is 132 Å². The van der Waals surface area contributed by atoms with Crippen LogP contribution in [0.3, 0.4) is 0 Å². The van der Waals surface area contributed by atoms with E-state index in [2.05, 4.69) is 4.98 Å². The zero-order chi connectivity index (χ0) is 15.3. The molecule has 2 atom stereocenters. The molecule has 1 N–H and O–H groups in total. The van der Waals surface area contributed by atoms with Crippen LogP contribution in [0.1, 0.15) is 29.5 Å². The number of aliphatic hydroxyl groups excluding tert-OH is 1. The molecule has 4 rings (SSSR count). The van der Waals surface area contributed by atoms with Crippen LogP contribution in [-0.4, -0.2) is 45.7 Å². The quantitative estimate of drug-likeness (QED) is 0.889. The summed E-state index contributed by atoms with van der Waals surface area (Å²) in [5, 5.41) is 10.9. The van der Waals surface area contributed by atoms with Crippen LogP contribution in [0.2, 0.25) is 0 Å². The zero-order valence-electron chi connectivity index (χ0n) is 12.0. The molecule has 1 fully saturated rings. The van der Waals surface area contributed by atoms with Crippen LogP contribution in [0.5, 0.6) is 0 Å². The number of aliphatic hydroxyl groups is 1. The number of nitrogens with zero attached hydrogens (tertiary/aromatic N) is 3. The van der Waals surface area contributed by atoms with Crippen molar-refractivity contribution in [2.45, 2.75) is 37.8 Å². The molecular formula is C14H17N3O3S2. The summed E-state index contributed by atoms with van der Waals surface area (Å²) in [6, 6.07) is -0.469. The van der Waals surface area contributed by atoms with E-state index in [1.165, 1.54) is 17.7 Å². The Hall–Kier alpha value is -1.25.